The zero-order valence-corrected chi connectivity index (χ0v) is 21.4. The number of hydrogen-bond acceptors (Lipinski definition) is 4. The van der Waals surface area contributed by atoms with Crippen molar-refractivity contribution in [3.63, 3.8) is 0 Å². The molecule has 1 saturated heterocycles. The van der Waals surface area contributed by atoms with E-state index in [0.717, 1.165) is 55.7 Å². The molecule has 1 aliphatic carbocycles. The Morgan fingerprint density at radius 3 is 2.37 bits per heavy atom. The molecule has 2 fully saturated rings. The van der Waals surface area contributed by atoms with Crippen molar-refractivity contribution in [1.29, 1.82) is 5.26 Å². The molecule has 5 nitrogen and oxygen atoms in total. The van der Waals surface area contributed by atoms with Gasteiger partial charge in [-0.05, 0) is 85.4 Å². The molecule has 1 amide bonds. The average Bonchev–Trinajstić information content (AvgIpc) is 2.89. The van der Waals surface area contributed by atoms with Gasteiger partial charge in [0.15, 0.2) is 0 Å². The molecule has 3 aromatic carbocycles. The highest BCUT2D eigenvalue weighted by Gasteiger charge is 2.25. The molecule has 1 aliphatic heterocycles. The SMILES string of the molecule is Cc1c(CN2CCN(C(=C3CCC3)c3cccc(F)c3)CC2)cc(F)cc1NC(=O)c1cccc(C#N)c1. The fourth-order valence-corrected chi connectivity index (χ4v) is 5.16. The summed E-state index contributed by atoms with van der Waals surface area (Å²) in [4.78, 5) is 17.4. The average molecular weight is 513 g/mol. The van der Waals surface area contributed by atoms with Crippen molar-refractivity contribution in [2.45, 2.75) is 32.7 Å². The minimum absolute atomic E-state index is 0.221. The van der Waals surface area contributed by atoms with Crippen LogP contribution in [0.2, 0.25) is 0 Å². The van der Waals surface area contributed by atoms with Crippen molar-refractivity contribution in [3.8, 4) is 6.07 Å². The number of nitrogens with one attached hydrogen (secondary N) is 1. The van der Waals surface area contributed by atoms with Crippen LogP contribution in [0.1, 0.15) is 51.9 Å². The lowest BCUT2D eigenvalue weighted by atomic mass is 9.87. The summed E-state index contributed by atoms with van der Waals surface area (Å²) in [5.41, 5.74) is 6.30. The Morgan fingerprint density at radius 1 is 0.947 bits per heavy atom. The zero-order chi connectivity index (χ0) is 26.6. The second kappa shape index (κ2) is 11.2. The predicted octanol–water partition coefficient (Wildman–Crippen LogP) is 6.11. The third-order valence-electron chi connectivity index (χ3n) is 7.45. The molecule has 3 aromatic rings. The molecule has 194 valence electrons. The minimum Gasteiger partial charge on any atom is -0.369 e. The normalized spacial score (nSPS) is 15.5. The monoisotopic (exact) mass is 512 g/mol. The Kier molecular flexibility index (Phi) is 7.52. The summed E-state index contributed by atoms with van der Waals surface area (Å²) in [6, 6.07) is 18.2. The van der Waals surface area contributed by atoms with Gasteiger partial charge in [-0.3, -0.25) is 9.69 Å². The molecular formula is C31H30F2N4O. The van der Waals surface area contributed by atoms with Gasteiger partial charge >= 0.3 is 0 Å². The van der Waals surface area contributed by atoms with Crippen molar-refractivity contribution < 1.29 is 13.6 Å². The lowest BCUT2D eigenvalue weighted by Gasteiger charge is -2.40. The summed E-state index contributed by atoms with van der Waals surface area (Å²) in [7, 11) is 0. The summed E-state index contributed by atoms with van der Waals surface area (Å²) in [6.45, 7) is 5.66. The maximum Gasteiger partial charge on any atom is 0.255 e. The molecule has 1 N–H and O–H groups in total. The van der Waals surface area contributed by atoms with Crippen molar-refractivity contribution in [3.05, 3.63) is 106 Å². The number of amides is 1. The van der Waals surface area contributed by atoms with E-state index in [-0.39, 0.29) is 11.7 Å². The molecule has 2 aliphatic rings. The fraction of sp³-hybridized carbons (Fsp3) is 0.290. The number of rotatable bonds is 6. The van der Waals surface area contributed by atoms with E-state index in [0.29, 0.717) is 23.4 Å². The van der Waals surface area contributed by atoms with Crippen LogP contribution < -0.4 is 5.32 Å². The first-order valence-electron chi connectivity index (χ1n) is 13.0. The van der Waals surface area contributed by atoms with Crippen LogP contribution in [0.25, 0.3) is 5.70 Å². The third-order valence-corrected chi connectivity index (χ3v) is 7.45. The maximum absolute atomic E-state index is 14.6. The van der Waals surface area contributed by atoms with Crippen LogP contribution in [-0.2, 0) is 6.54 Å². The van der Waals surface area contributed by atoms with Gasteiger partial charge in [-0.15, -0.1) is 0 Å². The van der Waals surface area contributed by atoms with Crippen LogP contribution >= 0.6 is 0 Å². The number of carbonyl (C=O) groups excluding carboxylic acids is 1. The molecule has 0 unspecified atom stereocenters. The fourth-order valence-electron chi connectivity index (χ4n) is 5.16. The van der Waals surface area contributed by atoms with E-state index < -0.39 is 5.82 Å². The summed E-state index contributed by atoms with van der Waals surface area (Å²) in [6.07, 6.45) is 3.29. The molecule has 1 saturated carbocycles. The number of nitrogens with zero attached hydrogens (tertiary/aromatic N) is 3. The molecule has 38 heavy (non-hydrogen) atoms. The highest BCUT2D eigenvalue weighted by Crippen LogP contribution is 2.36. The number of piperazine rings is 1. The predicted molar refractivity (Wildman–Crippen MR) is 144 cm³/mol. The highest BCUT2D eigenvalue weighted by molar-refractivity contribution is 6.04. The number of halogens is 2. The second-order valence-electron chi connectivity index (χ2n) is 9.96. The number of anilines is 1. The van der Waals surface area contributed by atoms with E-state index in [1.165, 1.54) is 42.0 Å². The van der Waals surface area contributed by atoms with Crippen LogP contribution in [0.15, 0.2) is 66.2 Å². The summed E-state index contributed by atoms with van der Waals surface area (Å²) in [5.74, 6) is -1.02. The van der Waals surface area contributed by atoms with Gasteiger partial charge in [-0.1, -0.05) is 18.2 Å². The van der Waals surface area contributed by atoms with Crippen LogP contribution in [-0.4, -0.2) is 41.9 Å². The smallest absolute Gasteiger partial charge is 0.255 e. The first-order chi connectivity index (χ1) is 18.4. The van der Waals surface area contributed by atoms with Crippen LogP contribution in [0.5, 0.6) is 0 Å². The van der Waals surface area contributed by atoms with Gasteiger partial charge in [-0.25, -0.2) is 8.78 Å². The van der Waals surface area contributed by atoms with E-state index in [2.05, 4.69) is 15.1 Å². The van der Waals surface area contributed by atoms with E-state index in [9.17, 15) is 13.6 Å². The largest absolute Gasteiger partial charge is 0.369 e. The first-order valence-corrected chi connectivity index (χ1v) is 13.0. The van der Waals surface area contributed by atoms with Crippen LogP contribution in [0, 0.1) is 29.9 Å². The molecule has 0 bridgehead atoms. The minimum atomic E-state index is -0.409. The number of carbonyl (C=O) groups is 1. The number of nitriles is 1. The number of allylic oxidation sites excluding steroid dienone is 1. The van der Waals surface area contributed by atoms with E-state index in [4.69, 9.17) is 5.26 Å². The molecule has 0 spiro atoms. The van der Waals surface area contributed by atoms with Crippen molar-refractivity contribution >= 4 is 17.3 Å². The third kappa shape index (κ3) is 5.61. The molecule has 0 aromatic heterocycles. The van der Waals surface area contributed by atoms with Gasteiger partial charge in [0.2, 0.25) is 0 Å². The Hall–Kier alpha value is -4.02. The van der Waals surface area contributed by atoms with Gasteiger partial charge in [-0.2, -0.15) is 5.26 Å². The van der Waals surface area contributed by atoms with Gasteiger partial charge in [0.05, 0.1) is 11.6 Å². The molecule has 1 heterocycles. The van der Waals surface area contributed by atoms with E-state index >= 15 is 0 Å². The lowest BCUT2D eigenvalue weighted by molar-refractivity contribution is 0.102. The van der Waals surface area contributed by atoms with Crippen LogP contribution in [0.4, 0.5) is 14.5 Å². The standard InChI is InChI=1S/C31H30F2N4O/c1-21-26(17-28(33)18-29(21)35-31(38)25-9-2-5-22(15-25)19-34)20-36-11-13-37(14-12-36)30(23-6-3-7-23)24-8-4-10-27(32)16-24/h2,4-5,8-10,15-18H,3,6-7,11-14,20H2,1H3,(H,35,38). The van der Waals surface area contributed by atoms with Crippen molar-refractivity contribution in [2.75, 3.05) is 31.5 Å². The quantitative estimate of drug-likeness (QED) is 0.433. The number of hydrogen-bond donors (Lipinski definition) is 1. The van der Waals surface area contributed by atoms with E-state index in [1.807, 2.05) is 19.1 Å². The summed E-state index contributed by atoms with van der Waals surface area (Å²) >= 11 is 0. The lowest BCUT2D eigenvalue weighted by Crippen LogP contribution is -2.45. The zero-order valence-electron chi connectivity index (χ0n) is 21.4. The van der Waals surface area contributed by atoms with Crippen LogP contribution in [0.3, 0.4) is 0 Å². The van der Waals surface area contributed by atoms with Gasteiger partial charge < -0.3 is 10.2 Å². The van der Waals surface area contributed by atoms with Gasteiger partial charge in [0, 0.05) is 55.2 Å². The molecule has 0 atom stereocenters. The molecule has 0 radical (unpaired) electrons. The molecule has 7 heteroatoms. The van der Waals surface area contributed by atoms with Gasteiger partial charge in [0.25, 0.3) is 5.91 Å². The number of benzene rings is 3. The second-order valence-corrected chi connectivity index (χ2v) is 9.96. The Balaban J connectivity index is 1.27. The van der Waals surface area contributed by atoms with Crippen molar-refractivity contribution in [1.82, 2.24) is 9.80 Å². The Morgan fingerprint density at radius 2 is 1.68 bits per heavy atom. The van der Waals surface area contributed by atoms with Gasteiger partial charge in [0.1, 0.15) is 11.6 Å². The summed E-state index contributed by atoms with van der Waals surface area (Å²) in [5, 5.41) is 11.9. The first kappa shape index (κ1) is 25.6. The Bertz CT molecular complexity index is 1430. The molecular weight excluding hydrogens is 482 g/mol. The Labute approximate surface area is 222 Å². The topological polar surface area (TPSA) is 59.4 Å². The molecule has 5 rings (SSSR count). The maximum atomic E-state index is 14.6. The van der Waals surface area contributed by atoms with E-state index in [1.54, 1.807) is 30.3 Å². The highest BCUT2D eigenvalue weighted by atomic mass is 19.1. The summed E-state index contributed by atoms with van der Waals surface area (Å²) < 4.78 is 28.6. The van der Waals surface area contributed by atoms with Crippen molar-refractivity contribution in [2.24, 2.45) is 0 Å².